The summed E-state index contributed by atoms with van der Waals surface area (Å²) in [4.78, 5) is 46.9. The van der Waals surface area contributed by atoms with E-state index in [1.165, 1.54) is 7.05 Å². The number of carbonyl (C=O) groups excluding carboxylic acids is 4. The van der Waals surface area contributed by atoms with E-state index in [0.29, 0.717) is 32.2 Å². The third kappa shape index (κ3) is 9.53. The molecule has 0 spiro atoms. The number of hydrogen-bond donors (Lipinski definition) is 5. The van der Waals surface area contributed by atoms with E-state index in [2.05, 4.69) is 21.3 Å². The molecule has 6 N–H and O–H groups in total. The lowest BCUT2D eigenvalue weighted by atomic mass is 10.0. The molecular weight excluding hydrogens is 326 g/mol. The number of urea groups is 1. The molecule has 0 saturated carbocycles. The lowest BCUT2D eigenvalue weighted by Gasteiger charge is -2.25. The first kappa shape index (κ1) is 22.7. The smallest absolute Gasteiger partial charge is 0.312 e. The molecule has 9 heteroatoms. The second-order valence-electron chi connectivity index (χ2n) is 6.15. The van der Waals surface area contributed by atoms with Crippen molar-refractivity contribution in [3.05, 3.63) is 0 Å². The first-order valence-corrected chi connectivity index (χ1v) is 8.57. The molecule has 0 fully saturated rings. The maximum Gasteiger partial charge on any atom is 0.312 e. The summed E-state index contributed by atoms with van der Waals surface area (Å²) in [5, 5.41) is 10.3. The van der Waals surface area contributed by atoms with Crippen LogP contribution in [0.3, 0.4) is 0 Å². The molecule has 25 heavy (non-hydrogen) atoms. The molecule has 0 bridgehead atoms. The monoisotopic (exact) mass is 357 g/mol. The van der Waals surface area contributed by atoms with Gasteiger partial charge in [0.15, 0.2) is 0 Å². The molecule has 0 aliphatic rings. The highest BCUT2D eigenvalue weighted by atomic mass is 16.2. The van der Waals surface area contributed by atoms with Gasteiger partial charge in [-0.1, -0.05) is 20.8 Å². The molecule has 0 unspecified atom stereocenters. The number of amides is 5. The van der Waals surface area contributed by atoms with Crippen molar-refractivity contribution < 1.29 is 19.2 Å². The number of hydrogen-bond acceptors (Lipinski definition) is 4. The van der Waals surface area contributed by atoms with Crippen LogP contribution in [-0.4, -0.2) is 49.4 Å². The predicted molar refractivity (Wildman–Crippen MR) is 94.5 cm³/mol. The molecule has 0 aromatic carbocycles. The summed E-state index contributed by atoms with van der Waals surface area (Å²) < 4.78 is 0. The summed E-state index contributed by atoms with van der Waals surface area (Å²) in [7, 11) is 1.48. The van der Waals surface area contributed by atoms with Crippen LogP contribution in [0.4, 0.5) is 4.79 Å². The fraction of sp³-hybridized carbons (Fsp3) is 0.750. The second-order valence-corrected chi connectivity index (χ2v) is 6.15. The zero-order valence-electron chi connectivity index (χ0n) is 15.5. The molecule has 0 aromatic heterocycles. The third-order valence-electron chi connectivity index (χ3n) is 3.59. The predicted octanol–water partition coefficient (Wildman–Crippen LogP) is -0.393. The minimum absolute atomic E-state index is 0.123. The maximum absolute atomic E-state index is 12.5. The summed E-state index contributed by atoms with van der Waals surface area (Å²) in [5.74, 6) is -1.06. The van der Waals surface area contributed by atoms with Crippen molar-refractivity contribution in [2.45, 2.75) is 58.5 Å². The molecule has 0 rings (SSSR count). The van der Waals surface area contributed by atoms with Gasteiger partial charge in [0.05, 0.1) is 0 Å². The van der Waals surface area contributed by atoms with Gasteiger partial charge in [0.2, 0.25) is 17.7 Å². The van der Waals surface area contributed by atoms with E-state index in [4.69, 9.17) is 5.73 Å². The molecule has 9 nitrogen and oxygen atoms in total. The summed E-state index contributed by atoms with van der Waals surface area (Å²) in [5.41, 5.74) is 4.98. The van der Waals surface area contributed by atoms with E-state index in [1.54, 1.807) is 0 Å². The van der Waals surface area contributed by atoms with Gasteiger partial charge in [-0.05, 0) is 25.2 Å². The average molecular weight is 357 g/mol. The number of carbonyl (C=O) groups is 4. The van der Waals surface area contributed by atoms with Crippen molar-refractivity contribution in [2.24, 2.45) is 11.7 Å². The Kier molecular flexibility index (Phi) is 11.0. The molecule has 0 heterocycles. The van der Waals surface area contributed by atoms with Crippen LogP contribution in [0.2, 0.25) is 0 Å². The summed E-state index contributed by atoms with van der Waals surface area (Å²) in [6.07, 6.45) is 1.83. The van der Waals surface area contributed by atoms with Crippen molar-refractivity contribution in [3.8, 4) is 0 Å². The molecule has 0 aliphatic heterocycles. The third-order valence-corrected chi connectivity index (χ3v) is 3.59. The first-order chi connectivity index (χ1) is 11.7. The van der Waals surface area contributed by atoms with Crippen LogP contribution in [0.5, 0.6) is 0 Å². The number of primary amides is 1. The number of nitrogens with one attached hydrogen (secondary N) is 4. The second kappa shape index (κ2) is 12.1. The summed E-state index contributed by atoms with van der Waals surface area (Å²) in [6.45, 7) is 5.83. The van der Waals surface area contributed by atoms with Gasteiger partial charge in [0.25, 0.3) is 0 Å². The Morgan fingerprint density at radius 1 is 1.04 bits per heavy atom. The first-order valence-electron chi connectivity index (χ1n) is 8.57. The quantitative estimate of drug-likeness (QED) is 0.321. The molecular formula is C16H31N5O4. The lowest BCUT2D eigenvalue weighted by molar-refractivity contribution is -0.133. The van der Waals surface area contributed by atoms with Crippen LogP contribution in [0.15, 0.2) is 0 Å². The zero-order chi connectivity index (χ0) is 19.4. The Morgan fingerprint density at radius 2 is 1.68 bits per heavy atom. The lowest BCUT2D eigenvalue weighted by Crippen LogP contribution is -2.55. The van der Waals surface area contributed by atoms with E-state index in [1.807, 2.05) is 20.8 Å². The fourth-order valence-corrected chi connectivity index (χ4v) is 2.23. The summed E-state index contributed by atoms with van der Waals surface area (Å²) in [6, 6.07) is -2.11. The average Bonchev–Trinajstić information content (AvgIpc) is 2.54. The van der Waals surface area contributed by atoms with Crippen LogP contribution < -0.4 is 27.0 Å². The van der Waals surface area contributed by atoms with Crippen LogP contribution in [0.25, 0.3) is 0 Å². The highest BCUT2D eigenvalue weighted by Gasteiger charge is 2.28. The van der Waals surface area contributed by atoms with Crippen molar-refractivity contribution in [1.82, 2.24) is 21.3 Å². The van der Waals surface area contributed by atoms with E-state index in [9.17, 15) is 19.2 Å². The van der Waals surface area contributed by atoms with Gasteiger partial charge in [-0.2, -0.15) is 0 Å². The molecule has 0 aromatic rings. The molecule has 0 aliphatic carbocycles. The SMILES string of the molecule is CCCC(=O)N[C@H](C(=O)N[C@@H](CCCNC(N)=O)C(=O)NC)C(C)C. The van der Waals surface area contributed by atoms with Crippen molar-refractivity contribution >= 4 is 23.8 Å². The topological polar surface area (TPSA) is 142 Å². The van der Waals surface area contributed by atoms with Crippen molar-refractivity contribution in [1.29, 1.82) is 0 Å². The molecule has 0 saturated heterocycles. The maximum atomic E-state index is 12.5. The van der Waals surface area contributed by atoms with Crippen LogP contribution >= 0.6 is 0 Å². The van der Waals surface area contributed by atoms with E-state index in [-0.39, 0.29) is 17.7 Å². The largest absolute Gasteiger partial charge is 0.357 e. The molecule has 0 radical (unpaired) electrons. The van der Waals surface area contributed by atoms with E-state index in [0.717, 1.165) is 0 Å². The van der Waals surface area contributed by atoms with Gasteiger partial charge in [-0.25, -0.2) is 4.79 Å². The van der Waals surface area contributed by atoms with Gasteiger partial charge in [-0.3, -0.25) is 14.4 Å². The molecule has 144 valence electrons. The van der Waals surface area contributed by atoms with Crippen LogP contribution in [0.1, 0.15) is 46.5 Å². The highest BCUT2D eigenvalue weighted by molar-refractivity contribution is 5.92. The van der Waals surface area contributed by atoms with Crippen LogP contribution in [0, 0.1) is 5.92 Å². The summed E-state index contributed by atoms with van der Waals surface area (Å²) >= 11 is 0. The van der Waals surface area contributed by atoms with Gasteiger partial charge < -0.3 is 27.0 Å². The Labute approximate surface area is 148 Å². The standard InChI is InChI=1S/C16H31N5O4/c1-5-7-12(22)21-13(10(2)3)15(24)20-11(14(23)18-4)8-6-9-19-16(17)25/h10-11,13H,5-9H2,1-4H3,(H,18,23)(H,20,24)(H,21,22)(H3,17,19,25)/t11-,13-/m0/s1. The number of likely N-dealkylation sites (N-methyl/N-ethyl adjacent to an activating group) is 1. The van der Waals surface area contributed by atoms with Gasteiger partial charge in [0, 0.05) is 20.0 Å². The molecule has 2 atom stereocenters. The minimum atomic E-state index is -0.753. The zero-order valence-corrected chi connectivity index (χ0v) is 15.5. The number of nitrogens with two attached hydrogens (primary N) is 1. The van der Waals surface area contributed by atoms with Gasteiger partial charge in [0.1, 0.15) is 12.1 Å². The molecule has 5 amide bonds. The van der Waals surface area contributed by atoms with Crippen LogP contribution in [-0.2, 0) is 14.4 Å². The van der Waals surface area contributed by atoms with E-state index >= 15 is 0 Å². The Balaban J connectivity index is 4.80. The number of rotatable bonds is 11. The van der Waals surface area contributed by atoms with Gasteiger partial charge in [-0.15, -0.1) is 0 Å². The Hall–Kier alpha value is -2.32. The minimum Gasteiger partial charge on any atom is -0.357 e. The Bertz CT molecular complexity index is 467. The fourth-order valence-electron chi connectivity index (χ4n) is 2.23. The van der Waals surface area contributed by atoms with Crippen molar-refractivity contribution in [2.75, 3.05) is 13.6 Å². The highest BCUT2D eigenvalue weighted by Crippen LogP contribution is 2.05. The normalized spacial score (nSPS) is 12.8. The van der Waals surface area contributed by atoms with Crippen molar-refractivity contribution in [3.63, 3.8) is 0 Å². The van der Waals surface area contributed by atoms with E-state index < -0.39 is 24.0 Å². The van der Waals surface area contributed by atoms with Gasteiger partial charge >= 0.3 is 6.03 Å². The Morgan fingerprint density at radius 3 is 2.16 bits per heavy atom.